The predicted molar refractivity (Wildman–Crippen MR) is 192 cm³/mol. The van der Waals surface area contributed by atoms with E-state index in [4.69, 9.17) is 32.0 Å². The standard InChI is InChI=1S/C37H38ClF2N3O4.C2HF3O2/c38-29-14-9-24(10-15-29)23-7-12-28(13-8-23)37(39,40)34(36(46)43-19-17-30(41)18-20-43)42-35(45)33(44)27-6-5-26-22-32(16-11-25(26)21-27)47-31-3-1-2-4-31;3-2(4,5)1(6)7/h5-16,21-22,30-31,33-34,44H,1-4,17-20,41H2,(H,42,45);(H,6,7)/t33-,34-;/m1./s1. The van der Waals surface area contributed by atoms with Crippen molar-refractivity contribution in [3.63, 3.8) is 0 Å². The molecule has 0 unspecified atom stereocenters. The summed E-state index contributed by atoms with van der Waals surface area (Å²) in [6, 6.07) is 20.7. The van der Waals surface area contributed by atoms with E-state index in [0.29, 0.717) is 23.4 Å². The van der Waals surface area contributed by atoms with Gasteiger partial charge in [-0.2, -0.15) is 22.0 Å². The summed E-state index contributed by atoms with van der Waals surface area (Å²) in [5.41, 5.74) is 7.22. The Morgan fingerprint density at radius 2 is 1.35 bits per heavy atom. The van der Waals surface area contributed by atoms with Crippen LogP contribution in [0.25, 0.3) is 21.9 Å². The van der Waals surface area contributed by atoms with Crippen molar-refractivity contribution in [2.24, 2.45) is 5.73 Å². The number of halogens is 6. The highest BCUT2D eigenvalue weighted by molar-refractivity contribution is 6.30. The first-order chi connectivity index (χ1) is 25.5. The summed E-state index contributed by atoms with van der Waals surface area (Å²) in [5.74, 6) is -7.84. The highest BCUT2D eigenvalue weighted by Crippen LogP contribution is 2.36. The van der Waals surface area contributed by atoms with Gasteiger partial charge in [0, 0.05) is 29.7 Å². The minimum Gasteiger partial charge on any atom is -0.490 e. The minimum absolute atomic E-state index is 0.131. The lowest BCUT2D eigenvalue weighted by molar-refractivity contribution is -0.192. The number of nitrogens with two attached hydrogens (primary N) is 1. The van der Waals surface area contributed by atoms with Crippen LogP contribution in [-0.2, 0) is 20.3 Å². The van der Waals surface area contributed by atoms with Crippen molar-refractivity contribution in [1.29, 1.82) is 0 Å². The fourth-order valence-corrected chi connectivity index (χ4v) is 6.49. The first-order valence-corrected chi connectivity index (χ1v) is 17.7. The highest BCUT2D eigenvalue weighted by atomic mass is 35.5. The highest BCUT2D eigenvalue weighted by Gasteiger charge is 2.49. The van der Waals surface area contributed by atoms with Crippen molar-refractivity contribution in [2.45, 2.75) is 74.9 Å². The second-order valence-corrected chi connectivity index (χ2v) is 13.7. The second-order valence-electron chi connectivity index (χ2n) is 13.3. The minimum atomic E-state index is -5.08. The predicted octanol–water partition coefficient (Wildman–Crippen LogP) is 7.37. The molecule has 288 valence electrons. The summed E-state index contributed by atoms with van der Waals surface area (Å²) < 4.78 is 70.4. The number of ether oxygens (including phenoxy) is 1. The number of hydrogen-bond donors (Lipinski definition) is 4. The van der Waals surface area contributed by atoms with Gasteiger partial charge in [0.05, 0.1) is 6.10 Å². The zero-order chi connectivity index (χ0) is 39.2. The number of carbonyl (C=O) groups is 3. The third-order valence-electron chi connectivity index (χ3n) is 9.44. The number of aliphatic carboxylic acids is 1. The van der Waals surface area contributed by atoms with E-state index in [9.17, 15) is 27.9 Å². The van der Waals surface area contributed by atoms with Crippen LogP contribution >= 0.6 is 11.6 Å². The zero-order valence-corrected chi connectivity index (χ0v) is 29.6. The molecule has 1 saturated heterocycles. The lowest BCUT2D eigenvalue weighted by Gasteiger charge is -2.36. The van der Waals surface area contributed by atoms with Crippen molar-refractivity contribution < 1.29 is 51.3 Å². The lowest BCUT2D eigenvalue weighted by atomic mass is 9.95. The third-order valence-corrected chi connectivity index (χ3v) is 9.69. The number of carboxylic acid groups (broad SMARTS) is 1. The van der Waals surface area contributed by atoms with Gasteiger partial charge in [-0.05, 0) is 96.3 Å². The SMILES string of the molecule is NC1CCN(C(=O)[C@@H](NC(=O)[C@H](O)c2ccc3cc(OC4CCCC4)ccc3c2)C(F)(F)c2ccc(-c3ccc(Cl)cc3)cc2)CC1.O=C(O)C(F)(F)F. The summed E-state index contributed by atoms with van der Waals surface area (Å²) in [7, 11) is 0. The number of amides is 2. The Bertz CT molecular complexity index is 1930. The Balaban J connectivity index is 0.000000730. The van der Waals surface area contributed by atoms with Gasteiger partial charge in [0.25, 0.3) is 11.8 Å². The number of carboxylic acids is 1. The van der Waals surface area contributed by atoms with Crippen LogP contribution in [0.1, 0.15) is 55.8 Å². The fraction of sp³-hybridized carbons (Fsp3) is 0.359. The Morgan fingerprint density at radius 3 is 1.93 bits per heavy atom. The molecule has 2 atom stereocenters. The average molecular weight is 776 g/mol. The molecule has 2 fully saturated rings. The normalized spacial score (nSPS) is 16.6. The molecule has 0 radical (unpaired) electrons. The summed E-state index contributed by atoms with van der Waals surface area (Å²) in [4.78, 5) is 37.3. The maximum absolute atomic E-state index is 16.3. The number of aliphatic hydroxyl groups excluding tert-OH is 1. The molecule has 1 aliphatic carbocycles. The molecule has 0 spiro atoms. The Hall–Kier alpha value is -4.79. The molecule has 9 nitrogen and oxygen atoms in total. The maximum Gasteiger partial charge on any atom is 0.490 e. The van der Waals surface area contributed by atoms with E-state index in [-0.39, 0.29) is 30.8 Å². The van der Waals surface area contributed by atoms with Crippen LogP contribution in [0.2, 0.25) is 5.02 Å². The molecule has 54 heavy (non-hydrogen) atoms. The Labute approximate surface area is 312 Å². The van der Waals surface area contributed by atoms with Gasteiger partial charge in [-0.25, -0.2) is 4.79 Å². The summed E-state index contributed by atoms with van der Waals surface area (Å²) in [5, 5.41) is 22.5. The lowest BCUT2D eigenvalue weighted by Crippen LogP contribution is -2.58. The molecule has 2 amide bonds. The number of nitrogens with one attached hydrogen (secondary N) is 1. The van der Waals surface area contributed by atoms with Crippen LogP contribution < -0.4 is 15.8 Å². The topological polar surface area (TPSA) is 142 Å². The summed E-state index contributed by atoms with van der Waals surface area (Å²) in [6.45, 7) is 0.384. The molecule has 1 aliphatic heterocycles. The number of carbonyl (C=O) groups excluding carboxylic acids is 2. The van der Waals surface area contributed by atoms with Crippen molar-refractivity contribution in [3.05, 3.63) is 101 Å². The zero-order valence-electron chi connectivity index (χ0n) is 28.9. The van der Waals surface area contributed by atoms with Crippen molar-refractivity contribution in [3.8, 4) is 16.9 Å². The van der Waals surface area contributed by atoms with Crippen molar-refractivity contribution >= 4 is 40.2 Å². The van der Waals surface area contributed by atoms with Crippen LogP contribution in [0.3, 0.4) is 0 Å². The van der Waals surface area contributed by atoms with Crippen LogP contribution in [0.15, 0.2) is 84.9 Å². The van der Waals surface area contributed by atoms with Gasteiger partial charge in [0.2, 0.25) is 0 Å². The van der Waals surface area contributed by atoms with E-state index in [0.717, 1.165) is 47.8 Å². The number of aliphatic hydroxyl groups is 1. The van der Waals surface area contributed by atoms with Gasteiger partial charge >= 0.3 is 18.1 Å². The van der Waals surface area contributed by atoms with E-state index in [1.165, 1.54) is 29.2 Å². The molecule has 1 saturated carbocycles. The summed E-state index contributed by atoms with van der Waals surface area (Å²) >= 11 is 5.98. The quantitative estimate of drug-likeness (QED) is 0.130. The van der Waals surface area contributed by atoms with Gasteiger partial charge in [-0.15, -0.1) is 0 Å². The molecule has 0 bridgehead atoms. The second kappa shape index (κ2) is 17.1. The number of nitrogens with zero attached hydrogens (tertiary/aromatic N) is 1. The van der Waals surface area contributed by atoms with E-state index in [2.05, 4.69) is 5.32 Å². The van der Waals surface area contributed by atoms with Gasteiger partial charge in [0.15, 0.2) is 12.1 Å². The van der Waals surface area contributed by atoms with Crippen LogP contribution in [0.5, 0.6) is 5.75 Å². The number of alkyl halides is 5. The molecular formula is C39H39ClF5N3O6. The Kier molecular flexibility index (Phi) is 12.8. The molecule has 1 heterocycles. The number of piperidine rings is 1. The van der Waals surface area contributed by atoms with E-state index >= 15 is 8.78 Å². The first kappa shape index (κ1) is 40.4. The largest absolute Gasteiger partial charge is 0.490 e. The van der Waals surface area contributed by atoms with E-state index in [1.807, 2.05) is 18.2 Å². The van der Waals surface area contributed by atoms with Gasteiger partial charge in [0.1, 0.15) is 5.75 Å². The number of hydrogen-bond acceptors (Lipinski definition) is 6. The molecular weight excluding hydrogens is 737 g/mol. The average Bonchev–Trinajstić information content (AvgIpc) is 3.66. The van der Waals surface area contributed by atoms with Crippen molar-refractivity contribution in [1.82, 2.24) is 10.2 Å². The number of fused-ring (bicyclic) bond motifs is 1. The first-order valence-electron chi connectivity index (χ1n) is 17.3. The molecule has 2 aliphatic rings. The number of rotatable bonds is 9. The molecule has 4 aromatic carbocycles. The molecule has 5 N–H and O–H groups in total. The van der Waals surface area contributed by atoms with E-state index < -0.39 is 47.6 Å². The number of benzene rings is 4. The van der Waals surface area contributed by atoms with Gasteiger partial charge in [-0.1, -0.05) is 66.2 Å². The smallest absolute Gasteiger partial charge is 0.490 e. The molecule has 4 aromatic rings. The van der Waals surface area contributed by atoms with Gasteiger partial charge < -0.3 is 30.9 Å². The van der Waals surface area contributed by atoms with Crippen LogP contribution in [-0.4, -0.2) is 70.4 Å². The van der Waals surface area contributed by atoms with Crippen LogP contribution in [0, 0.1) is 0 Å². The van der Waals surface area contributed by atoms with Crippen molar-refractivity contribution in [2.75, 3.05) is 13.1 Å². The molecule has 6 rings (SSSR count). The summed E-state index contributed by atoms with van der Waals surface area (Å²) in [6.07, 6.45) is -1.38. The Morgan fingerprint density at radius 1 is 0.815 bits per heavy atom. The maximum atomic E-state index is 16.3. The van der Waals surface area contributed by atoms with Gasteiger partial charge in [-0.3, -0.25) is 9.59 Å². The third kappa shape index (κ3) is 10.0. The van der Waals surface area contributed by atoms with Crippen LogP contribution in [0.4, 0.5) is 22.0 Å². The molecule has 15 heteroatoms. The monoisotopic (exact) mass is 775 g/mol. The van der Waals surface area contributed by atoms with E-state index in [1.54, 1.807) is 42.5 Å². The fourth-order valence-electron chi connectivity index (χ4n) is 6.36. The molecule has 0 aromatic heterocycles. The number of likely N-dealkylation sites (tertiary alicyclic amines) is 1.